The molecule has 0 radical (unpaired) electrons. The van der Waals surface area contributed by atoms with Crippen LogP contribution in [0.2, 0.25) is 0 Å². The third-order valence-electron chi connectivity index (χ3n) is 9.00. The molecular weight excluding hydrogens is 672 g/mol. The van der Waals surface area contributed by atoms with E-state index in [1.54, 1.807) is 0 Å². The summed E-state index contributed by atoms with van der Waals surface area (Å²) >= 11 is 0. The predicted molar refractivity (Wildman–Crippen MR) is 205 cm³/mol. The van der Waals surface area contributed by atoms with E-state index in [1.807, 2.05) is 0 Å². The Hall–Kier alpha value is -1.45. The van der Waals surface area contributed by atoms with Crippen LogP contribution in [-0.2, 0) is 19.6 Å². The number of carbonyl (C=O) groups is 2. The number of carbonyl (C=O) groups excluding carboxylic acids is 2. The maximum atomic E-state index is 13.0. The van der Waals surface area contributed by atoms with Crippen LogP contribution in [0.25, 0.3) is 0 Å². The molecule has 0 spiro atoms. The van der Waals surface area contributed by atoms with Gasteiger partial charge >= 0.3 is 41.5 Å². The second kappa shape index (κ2) is 34.3. The minimum atomic E-state index is -5.02. The minimum absolute atomic E-state index is 0. The number of benzene rings is 1. The fraction of sp³-hybridized carbons (Fsp3) is 0.714. The van der Waals surface area contributed by atoms with Crippen LogP contribution in [0.3, 0.4) is 0 Å². The Balaban J connectivity index is 0.0000250. The maximum absolute atomic E-state index is 13.0. The molecule has 7 nitrogen and oxygen atoms in total. The maximum Gasteiger partial charge on any atom is 1.00 e. The molecule has 0 aliphatic carbocycles. The van der Waals surface area contributed by atoms with Crippen LogP contribution in [0.15, 0.2) is 47.4 Å². The average molecular weight is 741 g/mol. The van der Waals surface area contributed by atoms with Crippen LogP contribution in [0, 0.1) is 0 Å². The molecule has 0 aromatic heterocycles. The van der Waals surface area contributed by atoms with E-state index in [2.05, 4.69) is 38.2 Å². The van der Waals surface area contributed by atoms with Crippen molar-refractivity contribution >= 4 is 22.1 Å². The molecule has 0 aliphatic rings. The van der Waals surface area contributed by atoms with Gasteiger partial charge in [-0.3, -0.25) is 0 Å². The van der Waals surface area contributed by atoms with Crippen molar-refractivity contribution in [2.45, 2.75) is 186 Å². The van der Waals surface area contributed by atoms with E-state index in [0.29, 0.717) is 12.8 Å². The van der Waals surface area contributed by atoms with Crippen LogP contribution in [0.1, 0.15) is 202 Å². The van der Waals surface area contributed by atoms with Crippen molar-refractivity contribution in [3.05, 3.63) is 53.6 Å². The summed E-state index contributed by atoms with van der Waals surface area (Å²) in [5, 5.41) is 0. The molecule has 1 aromatic carbocycles. The van der Waals surface area contributed by atoms with E-state index < -0.39 is 32.5 Å². The molecule has 1 aromatic rings. The van der Waals surface area contributed by atoms with Gasteiger partial charge in [0.15, 0.2) is 0 Å². The number of hydrogen-bond acceptors (Lipinski definition) is 7. The first-order chi connectivity index (χ1) is 24.3. The minimum Gasteiger partial charge on any atom is -0.744 e. The largest absolute Gasteiger partial charge is 1.00 e. The Bertz CT molecular complexity index is 1180. The zero-order chi connectivity index (χ0) is 36.5. The van der Waals surface area contributed by atoms with E-state index >= 15 is 0 Å². The Labute approximate surface area is 334 Å². The normalized spacial score (nSPS) is 11.7. The van der Waals surface area contributed by atoms with E-state index in [1.165, 1.54) is 115 Å². The van der Waals surface area contributed by atoms with Gasteiger partial charge in [0.1, 0.15) is 10.1 Å². The summed E-state index contributed by atoms with van der Waals surface area (Å²) in [5.41, 5.74) is -0.810. The molecule has 0 saturated heterocycles. The van der Waals surface area contributed by atoms with Gasteiger partial charge in [-0.1, -0.05) is 134 Å². The van der Waals surface area contributed by atoms with Crippen molar-refractivity contribution in [2.24, 2.45) is 0 Å². The zero-order valence-corrected chi connectivity index (χ0v) is 35.4. The number of ether oxygens (including phenoxy) is 2. The number of rotatable bonds is 33. The van der Waals surface area contributed by atoms with E-state index in [-0.39, 0.29) is 48.3 Å². The smallest absolute Gasteiger partial charge is 0.744 e. The van der Waals surface area contributed by atoms with Gasteiger partial charge in [-0.25, -0.2) is 18.0 Å². The van der Waals surface area contributed by atoms with Crippen molar-refractivity contribution < 1.29 is 61.6 Å². The second-order valence-corrected chi connectivity index (χ2v) is 14.9. The predicted octanol–water partition coefficient (Wildman–Crippen LogP) is 9.20. The summed E-state index contributed by atoms with van der Waals surface area (Å²) in [6.07, 6.45) is 39.0. The van der Waals surface area contributed by atoms with Crippen LogP contribution < -0.4 is 29.6 Å². The van der Waals surface area contributed by atoms with Crippen molar-refractivity contribution in [2.75, 3.05) is 13.2 Å². The Kier molecular flexibility index (Phi) is 33.4. The van der Waals surface area contributed by atoms with Gasteiger partial charge in [-0.05, 0) is 89.2 Å². The zero-order valence-electron chi connectivity index (χ0n) is 32.6. The third kappa shape index (κ3) is 26.9. The fourth-order valence-electron chi connectivity index (χ4n) is 5.95. The molecule has 0 bridgehead atoms. The summed E-state index contributed by atoms with van der Waals surface area (Å²) in [7, 11) is -5.02. The molecule has 0 heterocycles. The average Bonchev–Trinajstić information content (AvgIpc) is 3.10. The third-order valence-corrected chi connectivity index (χ3v) is 9.88. The standard InChI is InChI=1S/C42H70O7S.Na/c1-3-5-7-9-11-13-15-17-19-21-23-25-27-29-31-36-48-41(43)38-34-33-35-39(50(45,46)47)40(38)42(44)49-37-32-30-28-26-24-22-20-18-16-14-12-10-8-6-4-2;/h21-24,33-35H,3-20,25-32,36-37H2,1-2H3,(H,45,46,47);/q;+1/p-1/b23-21+,24-22+;. The molecule has 9 heteroatoms. The molecule has 0 saturated carbocycles. The summed E-state index contributed by atoms with van der Waals surface area (Å²) in [6.45, 7) is 4.69. The van der Waals surface area contributed by atoms with E-state index in [9.17, 15) is 22.6 Å². The van der Waals surface area contributed by atoms with Crippen LogP contribution in [0.4, 0.5) is 0 Å². The van der Waals surface area contributed by atoms with Crippen LogP contribution in [-0.4, -0.2) is 38.1 Å². The van der Waals surface area contributed by atoms with Crippen molar-refractivity contribution in [3.63, 3.8) is 0 Å². The van der Waals surface area contributed by atoms with Crippen molar-refractivity contribution in [1.82, 2.24) is 0 Å². The topological polar surface area (TPSA) is 110 Å². The molecule has 0 N–H and O–H groups in total. The molecule has 1 rings (SSSR count). The van der Waals surface area contributed by atoms with Crippen molar-refractivity contribution in [3.8, 4) is 0 Å². The van der Waals surface area contributed by atoms with Gasteiger partial charge in [0.2, 0.25) is 0 Å². The molecular formula is C42H69NaO7S. The number of allylic oxidation sites excluding steroid dienone is 4. The fourth-order valence-corrected chi connectivity index (χ4v) is 6.63. The van der Waals surface area contributed by atoms with Crippen LogP contribution in [0.5, 0.6) is 0 Å². The molecule has 0 aliphatic heterocycles. The summed E-state index contributed by atoms with van der Waals surface area (Å²) < 4.78 is 46.5. The first-order valence-electron chi connectivity index (χ1n) is 20.1. The Morgan fingerprint density at radius 2 is 0.902 bits per heavy atom. The molecule has 286 valence electrons. The Morgan fingerprint density at radius 1 is 0.549 bits per heavy atom. The van der Waals surface area contributed by atoms with Gasteiger partial charge in [0.05, 0.1) is 29.2 Å². The summed E-state index contributed by atoms with van der Waals surface area (Å²) in [6, 6.07) is 3.59. The number of unbranched alkanes of at least 4 members (excludes halogenated alkanes) is 22. The molecule has 0 amide bonds. The molecule has 0 atom stereocenters. The van der Waals surface area contributed by atoms with Gasteiger partial charge in [0, 0.05) is 0 Å². The Morgan fingerprint density at radius 3 is 1.29 bits per heavy atom. The molecule has 0 fully saturated rings. The van der Waals surface area contributed by atoms with E-state index in [0.717, 1.165) is 57.4 Å². The van der Waals surface area contributed by atoms with Gasteiger partial charge in [-0.2, -0.15) is 0 Å². The second-order valence-electron chi connectivity index (χ2n) is 13.6. The molecule has 51 heavy (non-hydrogen) atoms. The monoisotopic (exact) mass is 740 g/mol. The van der Waals surface area contributed by atoms with Gasteiger partial charge in [0.25, 0.3) is 0 Å². The van der Waals surface area contributed by atoms with Crippen molar-refractivity contribution in [1.29, 1.82) is 0 Å². The quantitative estimate of drug-likeness (QED) is 0.0232. The van der Waals surface area contributed by atoms with Gasteiger partial charge in [-0.15, -0.1) is 0 Å². The van der Waals surface area contributed by atoms with Gasteiger partial charge < -0.3 is 14.0 Å². The number of esters is 2. The summed E-state index contributed by atoms with van der Waals surface area (Å²) in [5.74, 6) is -1.84. The summed E-state index contributed by atoms with van der Waals surface area (Å²) in [4.78, 5) is 25.1. The first-order valence-corrected chi connectivity index (χ1v) is 21.5. The van der Waals surface area contributed by atoms with Crippen LogP contribution >= 0.6 is 0 Å². The first kappa shape index (κ1) is 49.6. The number of hydrogen-bond donors (Lipinski definition) is 0. The SMILES string of the molecule is CCCCCCCCCC/C=C/CCCCCOC(=O)c1cccc(S(=O)(=O)[O-])c1C(=O)OCCCCC/C=C/CCCCCCCCCC.[Na+]. The van der Waals surface area contributed by atoms with E-state index in [4.69, 9.17) is 9.47 Å². The molecule has 0 unspecified atom stereocenters.